The monoisotopic (exact) mass is 368 g/mol. The predicted molar refractivity (Wildman–Crippen MR) is 104 cm³/mol. The van der Waals surface area contributed by atoms with Gasteiger partial charge in [-0.05, 0) is 36.6 Å². The number of pyridine rings is 1. The number of nitrogens with two attached hydrogens (primary N) is 1. The molecule has 4 N–H and O–H groups in total. The molecule has 1 aromatic heterocycles. The molecular formula is C20H24N4O3. The number of aromatic nitrogens is 1. The molecule has 2 heterocycles. The second-order valence-electron chi connectivity index (χ2n) is 6.81. The number of rotatable bonds is 1. The molecule has 0 radical (unpaired) electrons. The van der Waals surface area contributed by atoms with Gasteiger partial charge in [0.05, 0.1) is 12.8 Å². The van der Waals surface area contributed by atoms with Crippen LogP contribution in [0.2, 0.25) is 0 Å². The van der Waals surface area contributed by atoms with Gasteiger partial charge in [0.15, 0.2) is 0 Å². The van der Waals surface area contributed by atoms with E-state index in [4.69, 9.17) is 5.73 Å². The maximum atomic E-state index is 12.6. The lowest BCUT2D eigenvalue weighted by Crippen LogP contribution is -2.22. The highest BCUT2D eigenvalue weighted by molar-refractivity contribution is 5.98. The fourth-order valence-corrected chi connectivity index (χ4v) is 3.15. The topological polar surface area (TPSA) is 106 Å². The third kappa shape index (κ3) is 4.43. The standard InChI is InChI=1S/C20H24N4O3/c1-12-4-3-5-17(21)14-8-13(10-22-11-14)16-7-6-15(23-20(26)27-2)9-18(16)24-19(12)25/h6-12,17H,3-5,21H2,1-2H3,(H,23,26)(H,24,25)/t12-,17+/m1/s1. The summed E-state index contributed by atoms with van der Waals surface area (Å²) in [5.41, 5.74) is 10.1. The minimum Gasteiger partial charge on any atom is -0.453 e. The summed E-state index contributed by atoms with van der Waals surface area (Å²) in [5, 5.41) is 5.61. The molecule has 7 heteroatoms. The van der Waals surface area contributed by atoms with Crippen LogP contribution in [0.4, 0.5) is 16.2 Å². The van der Waals surface area contributed by atoms with Crippen molar-refractivity contribution in [2.75, 3.05) is 17.7 Å². The Hall–Kier alpha value is -2.93. The van der Waals surface area contributed by atoms with Gasteiger partial charge >= 0.3 is 6.09 Å². The Bertz CT molecular complexity index is 853. The van der Waals surface area contributed by atoms with Crippen LogP contribution >= 0.6 is 0 Å². The molecule has 0 saturated heterocycles. The maximum Gasteiger partial charge on any atom is 0.411 e. The number of benzene rings is 1. The molecule has 2 bridgehead atoms. The van der Waals surface area contributed by atoms with Crippen molar-refractivity contribution in [1.82, 2.24) is 4.98 Å². The Morgan fingerprint density at radius 1 is 1.30 bits per heavy atom. The number of anilines is 2. The van der Waals surface area contributed by atoms with Gasteiger partial charge in [0.1, 0.15) is 0 Å². The molecule has 3 rings (SSSR count). The van der Waals surface area contributed by atoms with Crippen molar-refractivity contribution in [2.45, 2.75) is 32.2 Å². The number of carbonyl (C=O) groups excluding carboxylic acids is 2. The summed E-state index contributed by atoms with van der Waals surface area (Å²) in [6.07, 6.45) is 5.37. The number of methoxy groups -OCH3 is 1. The molecule has 0 saturated carbocycles. The number of nitrogens with zero attached hydrogens (tertiary/aromatic N) is 1. The lowest BCUT2D eigenvalue weighted by atomic mass is 9.94. The number of fused-ring (bicyclic) bond motifs is 4. The van der Waals surface area contributed by atoms with Crippen molar-refractivity contribution in [3.63, 3.8) is 0 Å². The van der Waals surface area contributed by atoms with E-state index in [1.54, 1.807) is 24.5 Å². The number of ether oxygens (including phenoxy) is 1. The zero-order chi connectivity index (χ0) is 19.4. The van der Waals surface area contributed by atoms with Gasteiger partial charge in [0.2, 0.25) is 5.91 Å². The quantitative estimate of drug-likeness (QED) is 0.712. The highest BCUT2D eigenvalue weighted by Crippen LogP contribution is 2.33. The van der Waals surface area contributed by atoms with Crippen LogP contribution in [-0.4, -0.2) is 24.1 Å². The van der Waals surface area contributed by atoms with Gasteiger partial charge in [0, 0.05) is 41.2 Å². The molecule has 0 spiro atoms. The van der Waals surface area contributed by atoms with Crippen molar-refractivity contribution in [3.05, 3.63) is 42.2 Å². The zero-order valence-corrected chi connectivity index (χ0v) is 15.5. The summed E-state index contributed by atoms with van der Waals surface area (Å²) < 4.78 is 4.63. The molecule has 1 aliphatic heterocycles. The van der Waals surface area contributed by atoms with Crippen molar-refractivity contribution < 1.29 is 14.3 Å². The first-order chi connectivity index (χ1) is 13.0. The summed E-state index contributed by atoms with van der Waals surface area (Å²) in [4.78, 5) is 28.4. The van der Waals surface area contributed by atoms with Gasteiger partial charge in [-0.3, -0.25) is 15.1 Å². The smallest absolute Gasteiger partial charge is 0.411 e. The Morgan fingerprint density at radius 3 is 2.89 bits per heavy atom. The molecular weight excluding hydrogens is 344 g/mol. The molecule has 2 amide bonds. The number of hydrogen-bond donors (Lipinski definition) is 3. The fourth-order valence-electron chi connectivity index (χ4n) is 3.15. The molecule has 1 aromatic carbocycles. The number of amides is 2. The highest BCUT2D eigenvalue weighted by Gasteiger charge is 2.19. The molecule has 142 valence electrons. The Labute approximate surface area is 158 Å². The average Bonchev–Trinajstić information content (AvgIpc) is 2.67. The molecule has 2 atom stereocenters. The second-order valence-corrected chi connectivity index (χ2v) is 6.81. The lowest BCUT2D eigenvalue weighted by Gasteiger charge is -2.20. The predicted octanol–water partition coefficient (Wildman–Crippen LogP) is 3.69. The summed E-state index contributed by atoms with van der Waals surface area (Å²) in [6.45, 7) is 1.91. The van der Waals surface area contributed by atoms with Gasteiger partial charge in [-0.1, -0.05) is 19.4 Å². The zero-order valence-electron chi connectivity index (χ0n) is 15.5. The van der Waals surface area contributed by atoms with Crippen molar-refractivity contribution >= 4 is 23.4 Å². The Morgan fingerprint density at radius 2 is 2.11 bits per heavy atom. The molecule has 0 fully saturated rings. The minimum atomic E-state index is -0.572. The van der Waals surface area contributed by atoms with Gasteiger partial charge < -0.3 is 15.8 Å². The average molecular weight is 368 g/mol. The van der Waals surface area contributed by atoms with Crippen molar-refractivity contribution in [2.24, 2.45) is 11.7 Å². The molecule has 2 aromatic rings. The third-order valence-electron chi connectivity index (χ3n) is 4.81. The summed E-state index contributed by atoms with van der Waals surface area (Å²) in [7, 11) is 1.30. The molecule has 7 nitrogen and oxygen atoms in total. The van der Waals surface area contributed by atoms with E-state index in [-0.39, 0.29) is 17.9 Å². The van der Waals surface area contributed by atoms with E-state index in [2.05, 4.69) is 20.4 Å². The molecule has 0 unspecified atom stereocenters. The van der Waals surface area contributed by atoms with Crippen LogP contribution in [0.1, 0.15) is 37.8 Å². The molecule has 1 aliphatic rings. The van der Waals surface area contributed by atoms with E-state index in [1.807, 2.05) is 19.1 Å². The lowest BCUT2D eigenvalue weighted by molar-refractivity contribution is -0.119. The highest BCUT2D eigenvalue weighted by atomic mass is 16.5. The molecule has 27 heavy (non-hydrogen) atoms. The fraction of sp³-hybridized carbons (Fsp3) is 0.350. The van der Waals surface area contributed by atoms with E-state index < -0.39 is 6.09 Å². The second kappa shape index (κ2) is 8.18. The first-order valence-electron chi connectivity index (χ1n) is 8.98. The number of nitrogens with one attached hydrogen (secondary N) is 2. The SMILES string of the molecule is COC(=O)Nc1ccc2c(c1)NC(=O)[C@H](C)CCC[C@H](N)c1cncc-2c1. The Kier molecular flexibility index (Phi) is 5.71. The van der Waals surface area contributed by atoms with Crippen LogP contribution in [-0.2, 0) is 9.53 Å². The Balaban J connectivity index is 2.07. The van der Waals surface area contributed by atoms with Gasteiger partial charge in [0.25, 0.3) is 0 Å². The first-order valence-corrected chi connectivity index (χ1v) is 8.98. The number of hydrogen-bond acceptors (Lipinski definition) is 5. The van der Waals surface area contributed by atoms with Crippen LogP contribution in [0.25, 0.3) is 11.1 Å². The van der Waals surface area contributed by atoms with E-state index >= 15 is 0 Å². The van der Waals surface area contributed by atoms with Crippen LogP contribution in [0.15, 0.2) is 36.7 Å². The van der Waals surface area contributed by atoms with E-state index in [1.165, 1.54) is 7.11 Å². The normalized spacial score (nSPS) is 19.7. The first kappa shape index (κ1) is 18.8. The summed E-state index contributed by atoms with van der Waals surface area (Å²) in [6, 6.07) is 7.19. The van der Waals surface area contributed by atoms with E-state index in [0.717, 1.165) is 36.0 Å². The summed E-state index contributed by atoms with van der Waals surface area (Å²) >= 11 is 0. The van der Waals surface area contributed by atoms with E-state index in [0.29, 0.717) is 11.4 Å². The van der Waals surface area contributed by atoms with E-state index in [9.17, 15) is 9.59 Å². The third-order valence-corrected chi connectivity index (χ3v) is 4.81. The van der Waals surface area contributed by atoms with Crippen LogP contribution in [0.3, 0.4) is 0 Å². The van der Waals surface area contributed by atoms with Gasteiger partial charge in [-0.2, -0.15) is 0 Å². The minimum absolute atomic E-state index is 0.0651. The van der Waals surface area contributed by atoms with Crippen molar-refractivity contribution in [1.29, 1.82) is 0 Å². The largest absolute Gasteiger partial charge is 0.453 e. The van der Waals surface area contributed by atoms with Crippen LogP contribution in [0, 0.1) is 5.92 Å². The number of carbonyl (C=O) groups is 2. The van der Waals surface area contributed by atoms with Gasteiger partial charge in [-0.25, -0.2) is 4.79 Å². The molecule has 0 aliphatic carbocycles. The van der Waals surface area contributed by atoms with Crippen molar-refractivity contribution in [3.8, 4) is 11.1 Å². The summed E-state index contributed by atoms with van der Waals surface area (Å²) in [5.74, 6) is -0.206. The van der Waals surface area contributed by atoms with Gasteiger partial charge in [-0.15, -0.1) is 0 Å². The van der Waals surface area contributed by atoms with Crippen LogP contribution < -0.4 is 16.4 Å². The van der Waals surface area contributed by atoms with Crippen LogP contribution in [0.5, 0.6) is 0 Å². The maximum absolute atomic E-state index is 12.6.